The molecule has 14 heavy (non-hydrogen) atoms. The van der Waals surface area contributed by atoms with E-state index >= 15 is 0 Å². The molecule has 0 atom stereocenters. The van der Waals surface area contributed by atoms with Gasteiger partial charge in [0.15, 0.2) is 0 Å². The van der Waals surface area contributed by atoms with E-state index in [4.69, 9.17) is 39.5 Å². The second-order valence-electron chi connectivity index (χ2n) is 3.51. The smallest absolute Gasteiger partial charge is 0.213 e. The predicted molar refractivity (Wildman–Crippen MR) is 60.2 cm³/mol. The van der Waals surface area contributed by atoms with Crippen molar-refractivity contribution in [1.82, 2.24) is 9.80 Å². The van der Waals surface area contributed by atoms with E-state index in [-0.39, 0.29) is 6.61 Å². The highest BCUT2D eigenvalue weighted by molar-refractivity contribution is 6.67. The summed E-state index contributed by atoms with van der Waals surface area (Å²) in [4.78, 5) is 4.49. The number of rotatable bonds is 3. The second kappa shape index (κ2) is 5.73. The van der Waals surface area contributed by atoms with Gasteiger partial charge in [-0.3, -0.25) is 4.90 Å². The number of alkyl halides is 3. The van der Waals surface area contributed by atoms with E-state index in [1.807, 2.05) is 0 Å². The molecule has 1 fully saturated rings. The van der Waals surface area contributed by atoms with Crippen LogP contribution in [0.5, 0.6) is 0 Å². The van der Waals surface area contributed by atoms with Crippen molar-refractivity contribution in [2.45, 2.75) is 3.79 Å². The summed E-state index contributed by atoms with van der Waals surface area (Å²) >= 11 is 16.7. The first-order valence-electron chi connectivity index (χ1n) is 4.53. The zero-order chi connectivity index (χ0) is 10.6. The van der Waals surface area contributed by atoms with Crippen molar-refractivity contribution in [3.05, 3.63) is 0 Å². The largest absolute Gasteiger partial charge is 0.362 e. The molecule has 0 bridgehead atoms. The highest BCUT2D eigenvalue weighted by Crippen LogP contribution is 2.25. The number of likely N-dealkylation sites (N-methyl/N-ethyl adjacent to an activating group) is 1. The van der Waals surface area contributed by atoms with Crippen molar-refractivity contribution in [2.24, 2.45) is 0 Å². The SMILES string of the molecule is CN1CCN(COCC(Cl)(Cl)Cl)CC1. The van der Waals surface area contributed by atoms with Gasteiger partial charge in [0.1, 0.15) is 0 Å². The minimum atomic E-state index is -1.30. The molecule has 6 heteroatoms. The molecule has 84 valence electrons. The van der Waals surface area contributed by atoms with E-state index < -0.39 is 3.79 Å². The molecule has 0 radical (unpaired) electrons. The molecule has 0 amide bonds. The number of ether oxygens (including phenoxy) is 1. The van der Waals surface area contributed by atoms with Crippen LogP contribution >= 0.6 is 34.8 Å². The van der Waals surface area contributed by atoms with Gasteiger partial charge in [0, 0.05) is 26.2 Å². The molecule has 1 rings (SSSR count). The van der Waals surface area contributed by atoms with Gasteiger partial charge >= 0.3 is 0 Å². The summed E-state index contributed by atoms with van der Waals surface area (Å²) < 4.78 is 3.99. The third-order valence-corrected chi connectivity index (χ3v) is 2.46. The van der Waals surface area contributed by atoms with E-state index in [1.54, 1.807) is 0 Å². The van der Waals surface area contributed by atoms with Crippen LogP contribution in [0.25, 0.3) is 0 Å². The first-order chi connectivity index (χ1) is 6.47. The summed E-state index contributed by atoms with van der Waals surface area (Å²) in [6.45, 7) is 4.84. The summed E-state index contributed by atoms with van der Waals surface area (Å²) in [5.74, 6) is 0. The van der Waals surface area contributed by atoms with Crippen molar-refractivity contribution in [1.29, 1.82) is 0 Å². The van der Waals surface area contributed by atoms with Crippen LogP contribution in [0.3, 0.4) is 0 Å². The van der Waals surface area contributed by atoms with Crippen LogP contribution in [0.4, 0.5) is 0 Å². The number of hydrogen-bond acceptors (Lipinski definition) is 3. The lowest BCUT2D eigenvalue weighted by Gasteiger charge is -2.32. The van der Waals surface area contributed by atoms with E-state index in [1.165, 1.54) is 0 Å². The van der Waals surface area contributed by atoms with E-state index in [9.17, 15) is 0 Å². The van der Waals surface area contributed by atoms with Gasteiger partial charge in [0.2, 0.25) is 3.79 Å². The molecule has 0 N–H and O–H groups in total. The van der Waals surface area contributed by atoms with Crippen LogP contribution < -0.4 is 0 Å². The van der Waals surface area contributed by atoms with Crippen LogP contribution in [-0.2, 0) is 4.74 Å². The fourth-order valence-electron chi connectivity index (χ4n) is 1.27. The first-order valence-corrected chi connectivity index (χ1v) is 5.66. The second-order valence-corrected chi connectivity index (χ2v) is 6.03. The fourth-order valence-corrected chi connectivity index (χ4v) is 1.50. The van der Waals surface area contributed by atoms with Gasteiger partial charge in [-0.25, -0.2) is 0 Å². The van der Waals surface area contributed by atoms with Gasteiger partial charge in [-0.15, -0.1) is 0 Å². The molecule has 3 nitrogen and oxygen atoms in total. The maximum atomic E-state index is 5.55. The van der Waals surface area contributed by atoms with Crippen LogP contribution in [0.1, 0.15) is 0 Å². The van der Waals surface area contributed by atoms with Crippen molar-refractivity contribution in [3.63, 3.8) is 0 Å². The standard InChI is InChI=1S/C8H15Cl3N2O/c1-12-2-4-13(5-3-12)7-14-6-8(9,10)11/h2-7H2,1H3. The van der Waals surface area contributed by atoms with Crippen molar-refractivity contribution >= 4 is 34.8 Å². The van der Waals surface area contributed by atoms with Gasteiger partial charge < -0.3 is 9.64 Å². The highest BCUT2D eigenvalue weighted by Gasteiger charge is 2.21. The van der Waals surface area contributed by atoms with Crippen molar-refractivity contribution in [2.75, 3.05) is 46.6 Å². The molecule has 1 heterocycles. The van der Waals surface area contributed by atoms with Crippen LogP contribution in [-0.4, -0.2) is 60.2 Å². The van der Waals surface area contributed by atoms with Crippen molar-refractivity contribution < 1.29 is 4.74 Å². The number of piperazine rings is 1. The monoisotopic (exact) mass is 260 g/mol. The molecule has 1 saturated heterocycles. The highest BCUT2D eigenvalue weighted by atomic mass is 35.6. The van der Waals surface area contributed by atoms with E-state index in [0.29, 0.717) is 6.73 Å². The maximum Gasteiger partial charge on any atom is 0.213 e. The first kappa shape index (κ1) is 12.8. The summed E-state index contributed by atoms with van der Waals surface area (Å²) in [7, 11) is 2.11. The van der Waals surface area contributed by atoms with E-state index in [0.717, 1.165) is 26.2 Å². The molecular formula is C8H15Cl3N2O. The van der Waals surface area contributed by atoms with Gasteiger partial charge in [-0.1, -0.05) is 34.8 Å². The van der Waals surface area contributed by atoms with Crippen molar-refractivity contribution in [3.8, 4) is 0 Å². The van der Waals surface area contributed by atoms with E-state index in [2.05, 4.69) is 16.8 Å². The lowest BCUT2D eigenvalue weighted by molar-refractivity contribution is 0.00837. The summed E-state index contributed by atoms with van der Waals surface area (Å²) in [5, 5.41) is 0. The van der Waals surface area contributed by atoms with Gasteiger partial charge in [-0.05, 0) is 7.05 Å². The van der Waals surface area contributed by atoms with Gasteiger partial charge in [0.25, 0.3) is 0 Å². The third-order valence-electron chi connectivity index (χ3n) is 2.14. The fraction of sp³-hybridized carbons (Fsp3) is 1.00. The molecule has 0 aromatic carbocycles. The minimum absolute atomic E-state index is 0.143. The predicted octanol–water partition coefficient (Wildman–Crippen LogP) is 1.58. The molecular weight excluding hydrogens is 246 g/mol. The molecule has 1 aliphatic rings. The lowest BCUT2D eigenvalue weighted by atomic mass is 10.3. The Morgan fingerprint density at radius 2 is 1.71 bits per heavy atom. The lowest BCUT2D eigenvalue weighted by Crippen LogP contribution is -2.45. The van der Waals surface area contributed by atoms with Crippen LogP contribution in [0, 0.1) is 0 Å². The van der Waals surface area contributed by atoms with Crippen LogP contribution in [0.15, 0.2) is 0 Å². The average Bonchev–Trinajstić information content (AvgIpc) is 2.06. The van der Waals surface area contributed by atoms with Gasteiger partial charge in [-0.2, -0.15) is 0 Å². The Morgan fingerprint density at radius 3 is 2.21 bits per heavy atom. The molecule has 0 aliphatic carbocycles. The number of hydrogen-bond donors (Lipinski definition) is 0. The zero-order valence-electron chi connectivity index (χ0n) is 8.18. The number of nitrogens with zero attached hydrogens (tertiary/aromatic N) is 2. The Morgan fingerprint density at radius 1 is 1.14 bits per heavy atom. The Bertz CT molecular complexity index is 166. The average molecular weight is 262 g/mol. The van der Waals surface area contributed by atoms with Gasteiger partial charge in [0.05, 0.1) is 13.3 Å². The normalized spacial score (nSPS) is 21.4. The Balaban J connectivity index is 2.08. The Hall–Kier alpha value is 0.750. The molecule has 1 aliphatic heterocycles. The van der Waals surface area contributed by atoms with Crippen LogP contribution in [0.2, 0.25) is 0 Å². The minimum Gasteiger partial charge on any atom is -0.362 e. The molecule has 0 saturated carbocycles. The Labute approximate surface area is 99.8 Å². The summed E-state index contributed by atoms with van der Waals surface area (Å²) in [5.41, 5.74) is 0. The third kappa shape index (κ3) is 5.59. The summed E-state index contributed by atoms with van der Waals surface area (Å²) in [6.07, 6.45) is 0. The molecule has 0 aromatic rings. The zero-order valence-corrected chi connectivity index (χ0v) is 10.4. The Kier molecular flexibility index (Phi) is 5.25. The summed E-state index contributed by atoms with van der Waals surface area (Å²) in [6, 6.07) is 0. The molecule has 0 aromatic heterocycles. The quantitative estimate of drug-likeness (QED) is 0.718. The topological polar surface area (TPSA) is 15.7 Å². The number of halogens is 3. The molecule has 0 unspecified atom stereocenters. The maximum absolute atomic E-state index is 5.55. The molecule has 0 spiro atoms.